The number of alkyl carbamates (subject to hydrolysis) is 1. The summed E-state index contributed by atoms with van der Waals surface area (Å²) >= 11 is 1.22. The number of carbonyl (C=O) groups excluding carboxylic acids is 10. The zero-order valence-corrected chi connectivity index (χ0v) is 60.8. The van der Waals surface area contributed by atoms with E-state index in [1.807, 2.05) is 91.0 Å². The number of carboxylic acid groups (broad SMARTS) is 1. The van der Waals surface area contributed by atoms with Crippen molar-refractivity contribution in [1.29, 1.82) is 0 Å². The number of nitrogens with one attached hydrogen (secondary N) is 7. The molecule has 24 nitrogen and oxygen atoms in total. The van der Waals surface area contributed by atoms with Gasteiger partial charge >= 0.3 is 30.0 Å². The van der Waals surface area contributed by atoms with Gasteiger partial charge in [-0.05, 0) is 137 Å². The number of aliphatic carboxylic acids is 1. The molecule has 1 aliphatic rings. The predicted octanol–water partition coefficient (Wildman–Crippen LogP) is 9.54. The van der Waals surface area contributed by atoms with Crippen LogP contribution in [-0.2, 0) is 71.6 Å². The SMILES string of the molecule is CC(C)C[C@H](NC(=O)[C@H](CCC(=O)OC(C)(C)C)NC(=O)[C@H](CSC(c1ccccc1)(c1ccccc1)c1ccccc1)NC(=O)[C@H](CCC(=O)OC(C)(C)C)NC(=O)[C@H](CC(=O)OC(C)(C)C)NC(=O)[C@H](CC(=O)NC1c2ccccc2Oc2ccccc21)NC(=O)OC(C)(C)C)C(=O)O. The maximum Gasteiger partial charge on any atom is 0.408 e. The van der Waals surface area contributed by atoms with E-state index in [4.69, 9.17) is 23.7 Å². The number of ether oxygens (including phenoxy) is 5. The Labute approximate surface area is 595 Å². The van der Waals surface area contributed by atoms with Crippen LogP contribution in [0.2, 0.25) is 0 Å². The minimum absolute atomic E-state index is 0.00831. The van der Waals surface area contributed by atoms with Gasteiger partial charge in [0.05, 0.1) is 23.6 Å². The zero-order valence-electron chi connectivity index (χ0n) is 59.9. The number of para-hydroxylation sites is 2. The van der Waals surface area contributed by atoms with Crippen molar-refractivity contribution in [2.75, 3.05) is 5.75 Å². The monoisotopic (exact) mass is 1410 g/mol. The van der Waals surface area contributed by atoms with E-state index in [9.17, 15) is 43.5 Å². The molecular formula is C76H97N7O17S. The van der Waals surface area contributed by atoms with Crippen molar-refractivity contribution in [3.63, 3.8) is 0 Å². The molecule has 544 valence electrons. The lowest BCUT2D eigenvalue weighted by atomic mass is 9.84. The van der Waals surface area contributed by atoms with Gasteiger partial charge in [0, 0.05) is 29.7 Å². The van der Waals surface area contributed by atoms with E-state index in [0.29, 0.717) is 22.6 Å². The normalized spacial score (nSPS) is 14.2. The van der Waals surface area contributed by atoms with Crippen molar-refractivity contribution in [3.05, 3.63) is 167 Å². The molecule has 1 heterocycles. The summed E-state index contributed by atoms with van der Waals surface area (Å²) in [6, 6.07) is 30.8. The predicted molar refractivity (Wildman–Crippen MR) is 380 cm³/mol. The average Bonchev–Trinajstić information content (AvgIpc) is 0.762. The lowest BCUT2D eigenvalue weighted by Gasteiger charge is -2.37. The summed E-state index contributed by atoms with van der Waals surface area (Å²) in [5.74, 6) is -9.82. The summed E-state index contributed by atoms with van der Waals surface area (Å²) in [5.41, 5.74) is -0.845. The van der Waals surface area contributed by atoms with E-state index in [1.54, 1.807) is 145 Å². The number of carboxylic acids is 1. The summed E-state index contributed by atoms with van der Waals surface area (Å²) < 4.78 is 27.3. The molecule has 0 unspecified atom stereocenters. The first-order valence-electron chi connectivity index (χ1n) is 33.6. The molecule has 0 saturated carbocycles. The van der Waals surface area contributed by atoms with Crippen molar-refractivity contribution >= 4 is 77.2 Å². The first-order valence-corrected chi connectivity index (χ1v) is 34.6. The molecule has 0 aliphatic carbocycles. The third kappa shape index (κ3) is 25.4. The molecule has 8 N–H and O–H groups in total. The van der Waals surface area contributed by atoms with Crippen LogP contribution < -0.4 is 42.0 Å². The summed E-state index contributed by atoms with van der Waals surface area (Å²) in [6.07, 6.45) is -4.75. The van der Waals surface area contributed by atoms with E-state index in [1.165, 1.54) is 11.8 Å². The average molecular weight is 1410 g/mol. The Morgan fingerprint density at radius 1 is 0.426 bits per heavy atom. The van der Waals surface area contributed by atoms with E-state index in [2.05, 4.69) is 37.2 Å². The molecular weight excluding hydrogens is 1310 g/mol. The lowest BCUT2D eigenvalue weighted by Crippen LogP contribution is -2.60. The molecule has 6 rings (SSSR count). The van der Waals surface area contributed by atoms with Gasteiger partial charge in [0.15, 0.2) is 0 Å². The Morgan fingerprint density at radius 3 is 1.18 bits per heavy atom. The van der Waals surface area contributed by atoms with Crippen LogP contribution in [0.5, 0.6) is 11.5 Å². The molecule has 5 aromatic carbocycles. The number of amides is 7. The van der Waals surface area contributed by atoms with Crippen LogP contribution in [0.25, 0.3) is 0 Å². The first-order chi connectivity index (χ1) is 47.3. The molecule has 0 bridgehead atoms. The topological polar surface area (TPSA) is 338 Å². The van der Waals surface area contributed by atoms with Gasteiger partial charge in [0.25, 0.3) is 0 Å². The summed E-state index contributed by atoms with van der Waals surface area (Å²) in [5, 5.41) is 28.7. The molecule has 1 aliphatic heterocycles. The van der Waals surface area contributed by atoms with E-state index in [0.717, 1.165) is 16.7 Å². The number of hydrogen-bond donors (Lipinski definition) is 8. The number of esters is 3. The molecule has 0 saturated heterocycles. The molecule has 101 heavy (non-hydrogen) atoms. The zero-order chi connectivity index (χ0) is 74.6. The molecule has 0 radical (unpaired) electrons. The highest BCUT2D eigenvalue weighted by atomic mass is 32.2. The third-order valence-electron chi connectivity index (χ3n) is 15.1. The molecule has 25 heteroatoms. The first kappa shape index (κ1) is 80.2. The number of benzene rings is 5. The Balaban J connectivity index is 1.44. The minimum Gasteiger partial charge on any atom is -0.480 e. The Kier molecular flexibility index (Phi) is 28.2. The van der Waals surface area contributed by atoms with Gasteiger partial charge in [0.2, 0.25) is 35.4 Å². The summed E-state index contributed by atoms with van der Waals surface area (Å²) in [4.78, 5) is 157. The molecule has 0 spiro atoms. The second kappa shape index (κ2) is 35.5. The fourth-order valence-corrected chi connectivity index (χ4v) is 12.5. The van der Waals surface area contributed by atoms with E-state index in [-0.39, 0.29) is 18.1 Å². The Bertz CT molecular complexity index is 3570. The lowest BCUT2D eigenvalue weighted by molar-refractivity contribution is -0.157. The maximum absolute atomic E-state index is 15.6. The molecule has 0 aromatic heterocycles. The van der Waals surface area contributed by atoms with Crippen LogP contribution in [0, 0.1) is 5.92 Å². The van der Waals surface area contributed by atoms with Gasteiger partial charge in [-0.1, -0.05) is 141 Å². The Hall–Kier alpha value is -9.78. The number of fused-ring (bicyclic) bond motifs is 2. The fraction of sp³-hybridized carbons (Fsp3) is 0.461. The van der Waals surface area contributed by atoms with Gasteiger partial charge in [-0.15, -0.1) is 11.8 Å². The number of rotatable bonds is 31. The summed E-state index contributed by atoms with van der Waals surface area (Å²) in [6.45, 7) is 22.7. The molecule has 5 aromatic rings. The highest BCUT2D eigenvalue weighted by molar-refractivity contribution is 8.00. The highest BCUT2D eigenvalue weighted by Crippen LogP contribution is 2.49. The Morgan fingerprint density at radius 2 is 0.772 bits per heavy atom. The second-order valence-corrected chi connectivity index (χ2v) is 30.2. The second-order valence-electron chi connectivity index (χ2n) is 29.0. The van der Waals surface area contributed by atoms with Gasteiger partial charge < -0.3 is 66.0 Å². The number of thioether (sulfide) groups is 1. The van der Waals surface area contributed by atoms with Crippen molar-refractivity contribution < 1.29 is 81.5 Å². The van der Waals surface area contributed by atoms with Crippen LogP contribution >= 0.6 is 11.8 Å². The van der Waals surface area contributed by atoms with E-state index < -0.39 is 173 Å². The van der Waals surface area contributed by atoms with Crippen LogP contribution in [0.3, 0.4) is 0 Å². The van der Waals surface area contributed by atoms with E-state index >= 15 is 14.4 Å². The van der Waals surface area contributed by atoms with Crippen molar-refractivity contribution in [2.24, 2.45) is 5.92 Å². The molecule has 7 amide bonds. The van der Waals surface area contributed by atoms with Crippen LogP contribution in [-0.4, -0.2) is 135 Å². The standard InChI is InChI=1S/C76H97N7O17S/c1-46(2)42-56(70(93)94)80-65(88)52(38-40-61(85)97-72(3,4)5)78-69(92)57(45-101-76(47-28-18-15-19-29-47,48-30-20-16-21-31-48)49-32-22-17-23-33-49)81-66(89)53(39-41-62(86)98-73(6,7)8)77-68(91)55(44-63(87)99-74(9,10)11)79-67(90)54(82-71(95)100-75(12,13)14)43-60(84)83-64-50-34-24-26-36-58(50)96-59-37-27-25-35-51(59)64/h15-37,46,52-57,64H,38-45H2,1-14H3,(H,77,91)(H,78,92)(H,79,90)(H,80,88)(H,81,89)(H,82,95)(H,83,84)(H,93,94)/t52-,53-,54-,55-,56-,57-/m0/s1. The van der Waals surface area contributed by atoms with Gasteiger partial charge in [-0.25, -0.2) is 9.59 Å². The van der Waals surface area contributed by atoms with Crippen LogP contribution in [0.15, 0.2) is 140 Å². The largest absolute Gasteiger partial charge is 0.480 e. The minimum atomic E-state index is -1.97. The third-order valence-corrected chi connectivity index (χ3v) is 16.8. The quantitative estimate of drug-likeness (QED) is 0.0116. The summed E-state index contributed by atoms with van der Waals surface area (Å²) in [7, 11) is 0. The maximum atomic E-state index is 15.6. The van der Waals surface area contributed by atoms with Crippen molar-refractivity contribution in [2.45, 2.75) is 211 Å². The molecule has 0 fully saturated rings. The highest BCUT2D eigenvalue weighted by Gasteiger charge is 2.42. The van der Waals surface area contributed by atoms with Crippen molar-refractivity contribution in [1.82, 2.24) is 37.2 Å². The fourth-order valence-electron chi connectivity index (χ4n) is 11.0. The molecule has 6 atom stereocenters. The van der Waals surface area contributed by atoms with Crippen molar-refractivity contribution in [3.8, 4) is 11.5 Å². The van der Waals surface area contributed by atoms with Gasteiger partial charge in [-0.3, -0.25) is 43.2 Å². The number of hydrogen-bond acceptors (Lipinski definition) is 17. The number of carbonyl (C=O) groups is 11. The van der Waals surface area contributed by atoms with Gasteiger partial charge in [-0.2, -0.15) is 0 Å². The van der Waals surface area contributed by atoms with Gasteiger partial charge in [0.1, 0.15) is 70.2 Å². The van der Waals surface area contributed by atoms with Crippen LogP contribution in [0.4, 0.5) is 4.79 Å². The van der Waals surface area contributed by atoms with Crippen LogP contribution in [0.1, 0.15) is 176 Å². The smallest absolute Gasteiger partial charge is 0.408 e.